The van der Waals surface area contributed by atoms with Crippen LogP contribution in [0.2, 0.25) is 0 Å². The largest absolute Gasteiger partial charge is 0.399 e. The van der Waals surface area contributed by atoms with E-state index in [-0.39, 0.29) is 5.69 Å². The highest BCUT2D eigenvalue weighted by Gasteiger charge is 2.05. The minimum Gasteiger partial charge on any atom is -0.399 e. The zero-order valence-corrected chi connectivity index (χ0v) is 9.22. The SMILES string of the molecule is CCCCNC(=O)Nc1ccc(N)cc1F. The number of hydrogen-bond donors (Lipinski definition) is 3. The van der Waals surface area contributed by atoms with E-state index >= 15 is 0 Å². The number of anilines is 2. The molecule has 5 heteroatoms. The zero-order valence-electron chi connectivity index (χ0n) is 9.22. The molecule has 0 aromatic heterocycles. The van der Waals surface area contributed by atoms with Crippen molar-refractivity contribution in [3.8, 4) is 0 Å². The van der Waals surface area contributed by atoms with Crippen LogP contribution in [0.4, 0.5) is 20.6 Å². The summed E-state index contributed by atoms with van der Waals surface area (Å²) in [4.78, 5) is 11.3. The van der Waals surface area contributed by atoms with E-state index < -0.39 is 11.8 Å². The molecule has 4 N–H and O–H groups in total. The summed E-state index contributed by atoms with van der Waals surface area (Å²) in [5.41, 5.74) is 5.84. The number of carbonyl (C=O) groups is 1. The van der Waals surface area contributed by atoms with Crippen molar-refractivity contribution in [1.29, 1.82) is 0 Å². The van der Waals surface area contributed by atoms with Crippen molar-refractivity contribution in [3.05, 3.63) is 24.0 Å². The molecule has 0 heterocycles. The summed E-state index contributed by atoms with van der Waals surface area (Å²) >= 11 is 0. The quantitative estimate of drug-likeness (QED) is 0.543. The second-order valence-corrected chi connectivity index (χ2v) is 3.47. The number of carbonyl (C=O) groups excluding carboxylic acids is 1. The normalized spacial score (nSPS) is 9.88. The van der Waals surface area contributed by atoms with Gasteiger partial charge in [0.25, 0.3) is 0 Å². The summed E-state index contributed by atoms with van der Waals surface area (Å²) < 4.78 is 13.3. The Labute approximate surface area is 94.0 Å². The van der Waals surface area contributed by atoms with Crippen LogP contribution in [0.25, 0.3) is 0 Å². The molecular formula is C11H16FN3O. The topological polar surface area (TPSA) is 67.2 Å². The Kier molecular flexibility index (Phi) is 4.57. The minimum atomic E-state index is -0.536. The van der Waals surface area contributed by atoms with Crippen LogP contribution < -0.4 is 16.4 Å². The summed E-state index contributed by atoms with van der Waals surface area (Å²) in [6.07, 6.45) is 1.90. The first-order valence-electron chi connectivity index (χ1n) is 5.23. The number of amides is 2. The van der Waals surface area contributed by atoms with Crippen LogP contribution in [0.3, 0.4) is 0 Å². The summed E-state index contributed by atoms with van der Waals surface area (Å²) in [6, 6.07) is 3.73. The van der Waals surface area contributed by atoms with Crippen LogP contribution in [-0.4, -0.2) is 12.6 Å². The number of nitrogens with two attached hydrogens (primary N) is 1. The number of urea groups is 1. The van der Waals surface area contributed by atoms with Gasteiger partial charge in [-0.2, -0.15) is 0 Å². The lowest BCUT2D eigenvalue weighted by molar-refractivity contribution is 0.252. The number of nitrogens with one attached hydrogen (secondary N) is 2. The van der Waals surface area contributed by atoms with E-state index in [2.05, 4.69) is 10.6 Å². The van der Waals surface area contributed by atoms with Crippen LogP contribution in [0, 0.1) is 5.82 Å². The molecular weight excluding hydrogens is 209 g/mol. The van der Waals surface area contributed by atoms with Crippen LogP contribution in [0.15, 0.2) is 18.2 Å². The molecule has 88 valence electrons. The van der Waals surface area contributed by atoms with E-state index in [9.17, 15) is 9.18 Å². The highest BCUT2D eigenvalue weighted by atomic mass is 19.1. The standard InChI is InChI=1S/C11H16FN3O/c1-2-3-6-14-11(16)15-10-5-4-8(13)7-9(10)12/h4-5,7H,2-3,6,13H2,1H3,(H2,14,15,16). The van der Waals surface area contributed by atoms with Gasteiger partial charge in [-0.3, -0.25) is 0 Å². The van der Waals surface area contributed by atoms with Gasteiger partial charge in [-0.25, -0.2) is 9.18 Å². The molecule has 0 saturated heterocycles. The monoisotopic (exact) mass is 225 g/mol. The highest BCUT2D eigenvalue weighted by molar-refractivity contribution is 5.89. The second-order valence-electron chi connectivity index (χ2n) is 3.47. The molecule has 2 amide bonds. The number of nitrogen functional groups attached to an aromatic ring is 1. The molecule has 0 fully saturated rings. The van der Waals surface area contributed by atoms with Crippen LogP contribution in [-0.2, 0) is 0 Å². The van der Waals surface area contributed by atoms with Gasteiger partial charge in [-0.15, -0.1) is 0 Å². The molecule has 1 rings (SSSR count). The van der Waals surface area contributed by atoms with Crippen LogP contribution >= 0.6 is 0 Å². The fourth-order valence-corrected chi connectivity index (χ4v) is 1.18. The molecule has 0 unspecified atom stereocenters. The lowest BCUT2D eigenvalue weighted by Crippen LogP contribution is -2.29. The predicted octanol–water partition coefficient (Wildman–Crippen LogP) is 2.33. The number of benzene rings is 1. The summed E-state index contributed by atoms with van der Waals surface area (Å²) in [5.74, 6) is -0.536. The van der Waals surface area contributed by atoms with Gasteiger partial charge in [0.15, 0.2) is 0 Å². The predicted molar refractivity (Wildman–Crippen MR) is 62.7 cm³/mol. The molecule has 0 atom stereocenters. The van der Waals surface area contributed by atoms with Gasteiger partial charge in [-0.1, -0.05) is 13.3 Å². The van der Waals surface area contributed by atoms with Gasteiger partial charge < -0.3 is 16.4 Å². The first-order chi connectivity index (χ1) is 7.63. The van der Waals surface area contributed by atoms with Crippen molar-refractivity contribution in [1.82, 2.24) is 5.32 Å². The van der Waals surface area contributed by atoms with E-state index in [4.69, 9.17) is 5.73 Å². The van der Waals surface area contributed by atoms with E-state index in [1.54, 1.807) is 0 Å². The van der Waals surface area contributed by atoms with Gasteiger partial charge in [0.1, 0.15) is 5.82 Å². The third-order valence-electron chi connectivity index (χ3n) is 2.06. The number of unbranched alkanes of at least 4 members (excludes halogenated alkanes) is 1. The summed E-state index contributed by atoms with van der Waals surface area (Å²) in [7, 11) is 0. The van der Waals surface area contributed by atoms with E-state index in [1.807, 2.05) is 6.92 Å². The highest BCUT2D eigenvalue weighted by Crippen LogP contribution is 2.16. The van der Waals surface area contributed by atoms with E-state index in [0.717, 1.165) is 12.8 Å². The van der Waals surface area contributed by atoms with Crippen molar-refractivity contribution in [2.45, 2.75) is 19.8 Å². The Bertz CT molecular complexity index is 368. The Morgan fingerprint density at radius 3 is 2.88 bits per heavy atom. The van der Waals surface area contributed by atoms with Gasteiger partial charge >= 0.3 is 6.03 Å². The molecule has 1 aromatic carbocycles. The third-order valence-corrected chi connectivity index (χ3v) is 2.06. The first-order valence-corrected chi connectivity index (χ1v) is 5.23. The van der Waals surface area contributed by atoms with Crippen molar-refractivity contribution < 1.29 is 9.18 Å². The molecule has 4 nitrogen and oxygen atoms in total. The van der Waals surface area contributed by atoms with Gasteiger partial charge in [0, 0.05) is 12.2 Å². The molecule has 16 heavy (non-hydrogen) atoms. The van der Waals surface area contributed by atoms with Gasteiger partial charge in [-0.05, 0) is 24.6 Å². The number of hydrogen-bond acceptors (Lipinski definition) is 2. The van der Waals surface area contributed by atoms with Crippen LogP contribution in [0.5, 0.6) is 0 Å². The van der Waals surface area contributed by atoms with Gasteiger partial charge in [0.05, 0.1) is 5.69 Å². The third kappa shape index (κ3) is 3.76. The zero-order chi connectivity index (χ0) is 12.0. The van der Waals surface area contributed by atoms with Crippen LogP contribution in [0.1, 0.15) is 19.8 Å². The molecule has 0 aliphatic rings. The molecule has 0 aliphatic carbocycles. The Balaban J connectivity index is 2.49. The van der Waals surface area contributed by atoms with E-state index in [0.29, 0.717) is 12.2 Å². The van der Waals surface area contributed by atoms with E-state index in [1.165, 1.54) is 18.2 Å². The fourth-order valence-electron chi connectivity index (χ4n) is 1.18. The Morgan fingerprint density at radius 1 is 1.50 bits per heavy atom. The number of rotatable bonds is 4. The van der Waals surface area contributed by atoms with Crippen molar-refractivity contribution in [3.63, 3.8) is 0 Å². The molecule has 0 spiro atoms. The van der Waals surface area contributed by atoms with Crippen molar-refractivity contribution in [2.24, 2.45) is 0 Å². The average molecular weight is 225 g/mol. The maximum atomic E-state index is 13.3. The second kappa shape index (κ2) is 5.95. The molecule has 0 saturated carbocycles. The first kappa shape index (κ1) is 12.3. The fraction of sp³-hybridized carbons (Fsp3) is 0.364. The Morgan fingerprint density at radius 2 is 2.25 bits per heavy atom. The molecule has 1 aromatic rings. The molecule has 0 aliphatic heterocycles. The summed E-state index contributed by atoms with van der Waals surface area (Å²) in [5, 5.41) is 5.04. The van der Waals surface area contributed by atoms with Crippen molar-refractivity contribution >= 4 is 17.4 Å². The molecule has 0 radical (unpaired) electrons. The minimum absolute atomic E-state index is 0.128. The smallest absolute Gasteiger partial charge is 0.319 e. The average Bonchev–Trinajstić information content (AvgIpc) is 2.23. The molecule has 0 bridgehead atoms. The summed E-state index contributed by atoms with van der Waals surface area (Å²) in [6.45, 7) is 2.61. The van der Waals surface area contributed by atoms with Gasteiger partial charge in [0.2, 0.25) is 0 Å². The Hall–Kier alpha value is -1.78. The lowest BCUT2D eigenvalue weighted by atomic mass is 10.3. The van der Waals surface area contributed by atoms with Crippen molar-refractivity contribution in [2.75, 3.05) is 17.6 Å². The lowest BCUT2D eigenvalue weighted by Gasteiger charge is -2.08. The number of halogens is 1. The maximum absolute atomic E-state index is 13.3. The maximum Gasteiger partial charge on any atom is 0.319 e.